The minimum absolute atomic E-state index is 0.299. The van der Waals surface area contributed by atoms with Crippen molar-refractivity contribution in [2.45, 2.75) is 32.9 Å². The van der Waals surface area contributed by atoms with Gasteiger partial charge in [0.15, 0.2) is 5.82 Å². The molecule has 0 radical (unpaired) electrons. The van der Waals surface area contributed by atoms with E-state index in [0.717, 1.165) is 24.2 Å². The summed E-state index contributed by atoms with van der Waals surface area (Å²) < 4.78 is 1.81. The fourth-order valence-electron chi connectivity index (χ4n) is 1.72. The van der Waals surface area contributed by atoms with Crippen LogP contribution in [0.4, 0.5) is 0 Å². The lowest BCUT2D eigenvalue weighted by Gasteiger charge is -2.15. The number of hydrogen-bond donors (Lipinski definition) is 2. The Morgan fingerprint density at radius 1 is 1.33 bits per heavy atom. The molecule has 0 bridgehead atoms. The summed E-state index contributed by atoms with van der Waals surface area (Å²) in [5.74, 6) is 6.21. The lowest BCUT2D eigenvalue weighted by molar-refractivity contribution is 0.500. The Morgan fingerprint density at radius 3 is 2.67 bits per heavy atom. The Labute approximate surface area is 105 Å². The zero-order valence-electron chi connectivity index (χ0n) is 10.5. The average Bonchev–Trinajstić information content (AvgIpc) is 2.82. The molecule has 0 aliphatic rings. The summed E-state index contributed by atoms with van der Waals surface area (Å²) in [5, 5.41) is 7.95. The highest BCUT2D eigenvalue weighted by Gasteiger charge is 2.20. The van der Waals surface area contributed by atoms with Crippen molar-refractivity contribution in [3.63, 3.8) is 0 Å². The van der Waals surface area contributed by atoms with Crippen molar-refractivity contribution in [1.29, 1.82) is 0 Å². The standard InChI is InChI=1S/C11H17N7/c1-3-4-18-9(7-15-17-18)10(16-12)11-13-5-8(2)6-14-11/h5-7,10,16H,3-4,12H2,1-2H3. The summed E-state index contributed by atoms with van der Waals surface area (Å²) in [4.78, 5) is 8.57. The van der Waals surface area contributed by atoms with E-state index in [0.29, 0.717) is 5.82 Å². The van der Waals surface area contributed by atoms with Gasteiger partial charge in [-0.25, -0.2) is 20.1 Å². The van der Waals surface area contributed by atoms with Crippen LogP contribution in [0.15, 0.2) is 18.6 Å². The van der Waals surface area contributed by atoms with E-state index in [1.807, 2.05) is 11.6 Å². The van der Waals surface area contributed by atoms with Crippen molar-refractivity contribution in [3.8, 4) is 0 Å². The smallest absolute Gasteiger partial charge is 0.152 e. The van der Waals surface area contributed by atoms with Gasteiger partial charge >= 0.3 is 0 Å². The minimum Gasteiger partial charge on any atom is -0.270 e. The zero-order valence-corrected chi connectivity index (χ0v) is 10.5. The lowest BCUT2D eigenvalue weighted by atomic mass is 10.2. The summed E-state index contributed by atoms with van der Waals surface area (Å²) in [5.41, 5.74) is 4.59. The molecular formula is C11H17N7. The number of aromatic nitrogens is 5. The Morgan fingerprint density at radius 2 is 2.06 bits per heavy atom. The normalized spacial score (nSPS) is 12.6. The fourth-order valence-corrected chi connectivity index (χ4v) is 1.72. The van der Waals surface area contributed by atoms with Crippen molar-refractivity contribution in [2.75, 3.05) is 0 Å². The Bertz CT molecular complexity index is 490. The molecule has 2 heterocycles. The number of hydrogen-bond acceptors (Lipinski definition) is 6. The summed E-state index contributed by atoms with van der Waals surface area (Å²) >= 11 is 0. The lowest BCUT2D eigenvalue weighted by Crippen LogP contribution is -2.32. The molecule has 0 saturated carbocycles. The monoisotopic (exact) mass is 247 g/mol. The van der Waals surface area contributed by atoms with Crippen LogP contribution in [0.1, 0.15) is 36.5 Å². The quantitative estimate of drug-likeness (QED) is 0.584. The third kappa shape index (κ3) is 2.52. The van der Waals surface area contributed by atoms with Gasteiger partial charge in [-0.1, -0.05) is 12.1 Å². The first kappa shape index (κ1) is 12.6. The van der Waals surface area contributed by atoms with E-state index in [1.165, 1.54) is 0 Å². The number of nitrogens with two attached hydrogens (primary N) is 1. The molecular weight excluding hydrogens is 230 g/mol. The van der Waals surface area contributed by atoms with Gasteiger partial charge in [0.25, 0.3) is 0 Å². The van der Waals surface area contributed by atoms with Gasteiger partial charge in [-0.05, 0) is 18.9 Å². The molecule has 3 N–H and O–H groups in total. The van der Waals surface area contributed by atoms with Crippen LogP contribution < -0.4 is 11.3 Å². The maximum atomic E-state index is 5.60. The predicted octanol–water partition coefficient (Wildman–Crippen LogP) is 0.339. The predicted molar refractivity (Wildman–Crippen MR) is 66.2 cm³/mol. The van der Waals surface area contributed by atoms with Gasteiger partial charge in [0, 0.05) is 18.9 Å². The number of aryl methyl sites for hydroxylation is 2. The highest BCUT2D eigenvalue weighted by Crippen LogP contribution is 2.16. The molecule has 1 unspecified atom stereocenters. The van der Waals surface area contributed by atoms with Crippen LogP contribution in [0.3, 0.4) is 0 Å². The van der Waals surface area contributed by atoms with E-state index in [2.05, 4.69) is 32.6 Å². The van der Waals surface area contributed by atoms with Crippen molar-refractivity contribution in [1.82, 2.24) is 30.4 Å². The maximum Gasteiger partial charge on any atom is 0.152 e. The molecule has 0 aliphatic carbocycles. The van der Waals surface area contributed by atoms with Gasteiger partial charge in [-0.15, -0.1) is 5.10 Å². The highest BCUT2D eigenvalue weighted by atomic mass is 15.4. The molecule has 0 spiro atoms. The maximum absolute atomic E-state index is 5.60. The summed E-state index contributed by atoms with van der Waals surface area (Å²) in [6, 6.07) is -0.299. The van der Waals surface area contributed by atoms with E-state index in [9.17, 15) is 0 Å². The highest BCUT2D eigenvalue weighted by molar-refractivity contribution is 5.15. The van der Waals surface area contributed by atoms with Gasteiger partial charge in [0.2, 0.25) is 0 Å². The van der Waals surface area contributed by atoms with E-state index in [1.54, 1.807) is 18.6 Å². The van der Waals surface area contributed by atoms with Crippen molar-refractivity contribution >= 4 is 0 Å². The molecule has 18 heavy (non-hydrogen) atoms. The van der Waals surface area contributed by atoms with E-state index >= 15 is 0 Å². The average molecular weight is 247 g/mol. The van der Waals surface area contributed by atoms with Gasteiger partial charge < -0.3 is 0 Å². The van der Waals surface area contributed by atoms with Gasteiger partial charge in [-0.3, -0.25) is 5.84 Å². The van der Waals surface area contributed by atoms with E-state index < -0.39 is 0 Å². The Kier molecular flexibility index (Phi) is 3.96. The van der Waals surface area contributed by atoms with Gasteiger partial charge in [-0.2, -0.15) is 0 Å². The zero-order chi connectivity index (χ0) is 13.0. The molecule has 1 atom stereocenters. The first-order chi connectivity index (χ1) is 8.76. The second-order valence-corrected chi connectivity index (χ2v) is 4.10. The third-order valence-electron chi connectivity index (χ3n) is 2.60. The number of nitrogens with zero attached hydrogens (tertiary/aromatic N) is 5. The first-order valence-corrected chi connectivity index (χ1v) is 5.89. The first-order valence-electron chi connectivity index (χ1n) is 5.89. The SMILES string of the molecule is CCCn1nncc1C(NN)c1ncc(C)cn1. The molecule has 0 fully saturated rings. The summed E-state index contributed by atoms with van der Waals surface area (Å²) in [7, 11) is 0. The molecule has 2 aromatic rings. The second kappa shape index (κ2) is 5.65. The van der Waals surface area contributed by atoms with Crippen LogP contribution in [0.2, 0.25) is 0 Å². The molecule has 2 aromatic heterocycles. The molecule has 7 heteroatoms. The van der Waals surface area contributed by atoms with Gasteiger partial charge in [0.05, 0.1) is 11.9 Å². The van der Waals surface area contributed by atoms with Crippen LogP contribution >= 0.6 is 0 Å². The molecule has 2 rings (SSSR count). The van der Waals surface area contributed by atoms with Gasteiger partial charge in [0.1, 0.15) is 6.04 Å². The van der Waals surface area contributed by atoms with Crippen molar-refractivity contribution < 1.29 is 0 Å². The van der Waals surface area contributed by atoms with E-state index in [-0.39, 0.29) is 6.04 Å². The Hall–Kier alpha value is -1.86. The third-order valence-corrected chi connectivity index (χ3v) is 2.60. The molecule has 0 amide bonds. The molecule has 0 aromatic carbocycles. The number of rotatable bonds is 5. The molecule has 0 aliphatic heterocycles. The van der Waals surface area contributed by atoms with Crippen LogP contribution in [-0.2, 0) is 6.54 Å². The minimum atomic E-state index is -0.299. The number of hydrazine groups is 1. The summed E-state index contributed by atoms with van der Waals surface area (Å²) in [6.45, 7) is 4.82. The molecule has 0 saturated heterocycles. The van der Waals surface area contributed by atoms with Crippen molar-refractivity contribution in [3.05, 3.63) is 35.7 Å². The summed E-state index contributed by atoms with van der Waals surface area (Å²) in [6.07, 6.45) is 6.19. The van der Waals surface area contributed by atoms with Crippen LogP contribution in [-0.4, -0.2) is 25.0 Å². The van der Waals surface area contributed by atoms with Crippen LogP contribution in [0.5, 0.6) is 0 Å². The van der Waals surface area contributed by atoms with E-state index in [4.69, 9.17) is 5.84 Å². The second-order valence-electron chi connectivity index (χ2n) is 4.10. The number of nitrogens with one attached hydrogen (secondary N) is 1. The molecule has 96 valence electrons. The Balaban J connectivity index is 2.32. The van der Waals surface area contributed by atoms with Crippen LogP contribution in [0.25, 0.3) is 0 Å². The van der Waals surface area contributed by atoms with Crippen LogP contribution in [0, 0.1) is 6.92 Å². The fraction of sp³-hybridized carbons (Fsp3) is 0.455. The van der Waals surface area contributed by atoms with Crippen molar-refractivity contribution in [2.24, 2.45) is 5.84 Å². The topological polar surface area (TPSA) is 94.5 Å². The molecule has 7 nitrogen and oxygen atoms in total. The largest absolute Gasteiger partial charge is 0.270 e.